The molecule has 0 radical (unpaired) electrons. The van der Waals surface area contributed by atoms with E-state index in [4.69, 9.17) is 9.97 Å². The van der Waals surface area contributed by atoms with E-state index in [-0.39, 0.29) is 0 Å². The predicted octanol–water partition coefficient (Wildman–Crippen LogP) is 6.07. The van der Waals surface area contributed by atoms with Crippen LogP contribution < -0.4 is 10.2 Å². The van der Waals surface area contributed by atoms with Crippen LogP contribution >= 0.6 is 0 Å². The first-order valence-corrected chi connectivity index (χ1v) is 12.4. The number of imidazole rings is 1. The molecule has 0 unspecified atom stereocenters. The van der Waals surface area contributed by atoms with Gasteiger partial charge in [-0.05, 0) is 40.8 Å². The topological polar surface area (TPSA) is 58.9 Å². The second-order valence-electron chi connectivity index (χ2n) is 9.39. The van der Waals surface area contributed by atoms with Gasteiger partial charge in [-0.3, -0.25) is 0 Å². The molecule has 6 nitrogen and oxygen atoms in total. The van der Waals surface area contributed by atoms with Crippen LogP contribution in [0.15, 0.2) is 85.2 Å². The van der Waals surface area contributed by atoms with Crippen molar-refractivity contribution in [2.75, 3.05) is 16.8 Å². The number of aromatic nitrogens is 4. The van der Waals surface area contributed by atoms with E-state index in [0.29, 0.717) is 42.6 Å². The molecule has 38 heavy (non-hydrogen) atoms. The maximum atomic E-state index is 13.0. The highest BCUT2D eigenvalue weighted by atomic mass is 19.4. The van der Waals surface area contributed by atoms with Crippen LogP contribution in [0, 0.1) is 0 Å². The highest BCUT2D eigenvalue weighted by Crippen LogP contribution is 2.30. The Morgan fingerprint density at radius 3 is 2.32 bits per heavy atom. The summed E-state index contributed by atoms with van der Waals surface area (Å²) in [6.07, 6.45) is -1.80. The number of anilines is 2. The van der Waals surface area contributed by atoms with Gasteiger partial charge in [-0.1, -0.05) is 66.7 Å². The van der Waals surface area contributed by atoms with Crippen molar-refractivity contribution in [3.63, 3.8) is 0 Å². The van der Waals surface area contributed by atoms with E-state index in [0.717, 1.165) is 36.2 Å². The van der Waals surface area contributed by atoms with Gasteiger partial charge < -0.3 is 14.8 Å². The first kappa shape index (κ1) is 24.0. The number of nitrogens with zero attached hydrogens (tertiary/aromatic N) is 5. The maximum absolute atomic E-state index is 13.0. The standard InChI is InChI=1S/C29H25F3N6/c30-29(31,32)24-12-10-21(11-13-24)17-38-19-34-25-26(33-16-20-6-2-1-3-7-20)35-28(36-27(25)38)37-15-14-22-8-4-5-9-23(22)18-37/h1-13,19H,14-18H2,(H,33,35,36). The summed E-state index contributed by atoms with van der Waals surface area (Å²) in [7, 11) is 0. The summed E-state index contributed by atoms with van der Waals surface area (Å²) in [6.45, 7) is 2.40. The molecule has 5 aromatic rings. The van der Waals surface area contributed by atoms with Crippen LogP contribution in [0.5, 0.6) is 0 Å². The first-order valence-electron chi connectivity index (χ1n) is 12.4. The molecule has 6 rings (SSSR count). The van der Waals surface area contributed by atoms with Crippen LogP contribution in [0.2, 0.25) is 0 Å². The van der Waals surface area contributed by atoms with Crippen molar-refractivity contribution in [2.24, 2.45) is 0 Å². The fraction of sp³-hybridized carbons (Fsp3) is 0.207. The summed E-state index contributed by atoms with van der Waals surface area (Å²) in [4.78, 5) is 16.5. The smallest absolute Gasteiger partial charge is 0.364 e. The second kappa shape index (κ2) is 9.81. The zero-order chi connectivity index (χ0) is 26.1. The van der Waals surface area contributed by atoms with Crippen LogP contribution in [0.25, 0.3) is 11.2 Å². The predicted molar refractivity (Wildman–Crippen MR) is 141 cm³/mol. The minimum atomic E-state index is -4.37. The number of benzene rings is 3. The highest BCUT2D eigenvalue weighted by Gasteiger charge is 2.30. The Labute approximate surface area is 217 Å². The zero-order valence-electron chi connectivity index (χ0n) is 20.5. The van der Waals surface area contributed by atoms with Gasteiger partial charge in [-0.15, -0.1) is 0 Å². The average Bonchev–Trinajstić information content (AvgIpc) is 3.34. The molecule has 0 atom stereocenters. The second-order valence-corrected chi connectivity index (χ2v) is 9.39. The average molecular weight is 515 g/mol. The van der Waals surface area contributed by atoms with E-state index in [2.05, 4.69) is 33.4 Å². The molecule has 3 heterocycles. The fourth-order valence-corrected chi connectivity index (χ4v) is 4.76. The first-order chi connectivity index (χ1) is 18.4. The van der Waals surface area contributed by atoms with Crippen molar-refractivity contribution in [1.82, 2.24) is 19.5 Å². The van der Waals surface area contributed by atoms with Gasteiger partial charge in [-0.25, -0.2) is 4.98 Å². The van der Waals surface area contributed by atoms with Gasteiger partial charge in [0.15, 0.2) is 17.0 Å². The lowest BCUT2D eigenvalue weighted by atomic mass is 10.0. The number of nitrogens with one attached hydrogen (secondary N) is 1. The number of hydrogen-bond acceptors (Lipinski definition) is 5. The molecule has 9 heteroatoms. The maximum Gasteiger partial charge on any atom is 0.416 e. The number of halogens is 3. The largest absolute Gasteiger partial charge is 0.416 e. The monoisotopic (exact) mass is 514 g/mol. The molecule has 0 amide bonds. The molecule has 0 bridgehead atoms. The van der Waals surface area contributed by atoms with Gasteiger partial charge in [0, 0.05) is 19.6 Å². The normalized spacial score (nSPS) is 13.5. The molecule has 192 valence electrons. The van der Waals surface area contributed by atoms with Gasteiger partial charge in [0.2, 0.25) is 5.95 Å². The van der Waals surface area contributed by atoms with Crippen LogP contribution in [-0.4, -0.2) is 26.1 Å². The molecule has 3 aromatic carbocycles. The van der Waals surface area contributed by atoms with Crippen molar-refractivity contribution >= 4 is 22.9 Å². The van der Waals surface area contributed by atoms with Crippen molar-refractivity contribution < 1.29 is 13.2 Å². The van der Waals surface area contributed by atoms with E-state index in [9.17, 15) is 13.2 Å². The summed E-state index contributed by atoms with van der Waals surface area (Å²) < 4.78 is 40.9. The molecule has 2 aromatic heterocycles. The van der Waals surface area contributed by atoms with E-state index in [1.54, 1.807) is 6.33 Å². The summed E-state index contributed by atoms with van der Waals surface area (Å²) in [5, 5.41) is 3.43. The lowest BCUT2D eigenvalue weighted by molar-refractivity contribution is -0.137. The number of hydrogen-bond donors (Lipinski definition) is 1. The van der Waals surface area contributed by atoms with Gasteiger partial charge in [0.1, 0.15) is 0 Å². The molecular formula is C29H25F3N6. The third kappa shape index (κ3) is 4.91. The molecule has 0 spiro atoms. The molecule has 0 saturated carbocycles. The van der Waals surface area contributed by atoms with Crippen molar-refractivity contribution in [3.8, 4) is 0 Å². The summed E-state index contributed by atoms with van der Waals surface area (Å²) in [5.74, 6) is 1.22. The summed E-state index contributed by atoms with van der Waals surface area (Å²) in [6, 6.07) is 23.6. The van der Waals surface area contributed by atoms with Crippen LogP contribution in [0.1, 0.15) is 27.8 Å². The Morgan fingerprint density at radius 2 is 1.55 bits per heavy atom. The van der Waals surface area contributed by atoms with Crippen molar-refractivity contribution in [1.29, 1.82) is 0 Å². The van der Waals surface area contributed by atoms with Crippen molar-refractivity contribution in [2.45, 2.75) is 32.2 Å². The summed E-state index contributed by atoms with van der Waals surface area (Å²) >= 11 is 0. The lowest BCUT2D eigenvalue weighted by Crippen LogP contribution is -2.32. The Morgan fingerprint density at radius 1 is 0.816 bits per heavy atom. The van der Waals surface area contributed by atoms with Gasteiger partial charge in [0.05, 0.1) is 18.4 Å². The van der Waals surface area contributed by atoms with Gasteiger partial charge in [-0.2, -0.15) is 23.1 Å². The van der Waals surface area contributed by atoms with E-state index in [1.165, 1.54) is 23.3 Å². The van der Waals surface area contributed by atoms with E-state index < -0.39 is 11.7 Å². The third-order valence-corrected chi connectivity index (χ3v) is 6.80. The Balaban J connectivity index is 1.35. The zero-order valence-corrected chi connectivity index (χ0v) is 20.5. The SMILES string of the molecule is FC(F)(F)c1ccc(Cn2cnc3c(NCc4ccccc4)nc(N4CCc5ccccc5C4)nc32)cc1. The third-order valence-electron chi connectivity index (χ3n) is 6.80. The Kier molecular flexibility index (Phi) is 6.19. The lowest BCUT2D eigenvalue weighted by Gasteiger charge is -2.29. The molecule has 0 fully saturated rings. The quantitative estimate of drug-likeness (QED) is 0.298. The van der Waals surface area contributed by atoms with Gasteiger partial charge in [0.25, 0.3) is 0 Å². The number of alkyl halides is 3. The van der Waals surface area contributed by atoms with Crippen LogP contribution in [0.4, 0.5) is 24.9 Å². The minimum absolute atomic E-state index is 0.339. The number of fused-ring (bicyclic) bond motifs is 2. The van der Waals surface area contributed by atoms with Crippen molar-refractivity contribution in [3.05, 3.63) is 113 Å². The summed E-state index contributed by atoms with van der Waals surface area (Å²) in [5.41, 5.74) is 5.00. The van der Waals surface area contributed by atoms with Crippen LogP contribution in [-0.2, 0) is 32.2 Å². The van der Waals surface area contributed by atoms with Crippen LogP contribution in [0.3, 0.4) is 0 Å². The molecular weight excluding hydrogens is 489 g/mol. The Bertz CT molecular complexity index is 1560. The highest BCUT2D eigenvalue weighted by molar-refractivity contribution is 5.84. The number of rotatable bonds is 6. The molecule has 0 aliphatic carbocycles. The fourth-order valence-electron chi connectivity index (χ4n) is 4.76. The minimum Gasteiger partial charge on any atom is -0.364 e. The van der Waals surface area contributed by atoms with E-state index in [1.807, 2.05) is 41.0 Å². The molecule has 0 saturated heterocycles. The molecule has 1 N–H and O–H groups in total. The van der Waals surface area contributed by atoms with E-state index >= 15 is 0 Å². The molecule has 1 aliphatic rings. The Hall–Kier alpha value is -4.40. The van der Waals surface area contributed by atoms with Gasteiger partial charge >= 0.3 is 6.18 Å². The molecule has 1 aliphatic heterocycles.